The predicted octanol–water partition coefficient (Wildman–Crippen LogP) is 4.81. The molecule has 5 heteroatoms. The van der Waals surface area contributed by atoms with Gasteiger partial charge in [0.1, 0.15) is 0 Å². The van der Waals surface area contributed by atoms with Gasteiger partial charge in [0.2, 0.25) is 0 Å². The summed E-state index contributed by atoms with van der Waals surface area (Å²) in [5, 5.41) is 13.9. The van der Waals surface area contributed by atoms with Crippen molar-refractivity contribution in [3.8, 4) is 0 Å². The van der Waals surface area contributed by atoms with Crippen LogP contribution in [0.25, 0.3) is 5.57 Å². The van der Waals surface area contributed by atoms with E-state index in [0.29, 0.717) is 18.5 Å². The highest BCUT2D eigenvalue weighted by Crippen LogP contribution is 2.18. The smallest absolute Gasteiger partial charge is 0.185 e. The van der Waals surface area contributed by atoms with E-state index in [1.165, 1.54) is 11.8 Å². The molecular formula is C24H22N4O. The zero-order valence-electron chi connectivity index (χ0n) is 15.9. The lowest BCUT2D eigenvalue weighted by Crippen LogP contribution is -2.12. The van der Waals surface area contributed by atoms with Crippen LogP contribution in [0.2, 0.25) is 0 Å². The second-order valence-electron chi connectivity index (χ2n) is 6.26. The Bertz CT molecular complexity index is 994. The van der Waals surface area contributed by atoms with E-state index in [9.17, 15) is 4.79 Å². The van der Waals surface area contributed by atoms with Crippen molar-refractivity contribution in [2.24, 2.45) is 4.99 Å². The standard InChI is InChI=1S/C24H22N4O/c25-15-21(17-26-16-19-7-3-1-4-8-19)20-11-13-23(14-12-20)28-24(18-29)27-22-9-5-2-6-10-22/h1-15,17-18,25-26H,16H2,(H,27,28)/b21-17+,25-15?. The Balaban J connectivity index is 1.68. The van der Waals surface area contributed by atoms with Gasteiger partial charge in [0.15, 0.2) is 12.1 Å². The SMILES string of the molecule is N=C/C(=C\NCc1ccccc1)c1ccc(/N=C(\C=O)Nc2ccccc2)cc1. The first-order valence-electron chi connectivity index (χ1n) is 9.23. The van der Waals surface area contributed by atoms with E-state index >= 15 is 0 Å². The number of hydrogen-bond acceptors (Lipinski definition) is 4. The van der Waals surface area contributed by atoms with Gasteiger partial charge in [-0.2, -0.15) is 0 Å². The fraction of sp³-hybridized carbons (Fsp3) is 0.0417. The Morgan fingerprint density at radius 3 is 2.17 bits per heavy atom. The molecule has 3 N–H and O–H groups in total. The molecule has 0 aliphatic rings. The quantitative estimate of drug-likeness (QED) is 0.297. The zero-order chi connectivity index (χ0) is 20.3. The molecule has 0 fully saturated rings. The van der Waals surface area contributed by atoms with Crippen LogP contribution in [0.15, 0.2) is 96.1 Å². The Morgan fingerprint density at radius 2 is 1.55 bits per heavy atom. The topological polar surface area (TPSA) is 77.3 Å². The molecule has 0 spiro atoms. The van der Waals surface area contributed by atoms with Gasteiger partial charge in [0, 0.05) is 30.2 Å². The van der Waals surface area contributed by atoms with Crippen molar-refractivity contribution in [2.45, 2.75) is 6.54 Å². The second kappa shape index (κ2) is 10.4. The molecule has 0 heterocycles. The third-order valence-corrected chi connectivity index (χ3v) is 4.17. The predicted molar refractivity (Wildman–Crippen MR) is 120 cm³/mol. The van der Waals surface area contributed by atoms with Crippen molar-refractivity contribution >= 4 is 35.3 Å². The average Bonchev–Trinajstić information content (AvgIpc) is 2.78. The number of nitrogens with one attached hydrogen (secondary N) is 3. The van der Waals surface area contributed by atoms with Crippen LogP contribution in [-0.2, 0) is 11.3 Å². The third kappa shape index (κ3) is 6.01. The van der Waals surface area contributed by atoms with Crippen molar-refractivity contribution in [1.29, 1.82) is 5.41 Å². The number of nitrogens with zero attached hydrogens (tertiary/aromatic N) is 1. The van der Waals surface area contributed by atoms with Crippen LogP contribution in [-0.4, -0.2) is 18.3 Å². The van der Waals surface area contributed by atoms with Crippen molar-refractivity contribution in [3.05, 3.63) is 102 Å². The summed E-state index contributed by atoms with van der Waals surface area (Å²) in [6, 6.07) is 26.9. The number of carbonyl (C=O) groups is 1. The number of aldehydes is 1. The van der Waals surface area contributed by atoms with Gasteiger partial charge in [0.05, 0.1) is 5.69 Å². The monoisotopic (exact) mass is 382 g/mol. The van der Waals surface area contributed by atoms with E-state index < -0.39 is 0 Å². The molecule has 0 saturated carbocycles. The lowest BCUT2D eigenvalue weighted by molar-refractivity contribution is -0.102. The second-order valence-corrected chi connectivity index (χ2v) is 6.26. The molecule has 0 radical (unpaired) electrons. The Labute approximate surface area is 170 Å². The lowest BCUT2D eigenvalue weighted by Gasteiger charge is -2.07. The van der Waals surface area contributed by atoms with E-state index in [-0.39, 0.29) is 5.84 Å². The number of rotatable bonds is 8. The molecule has 0 unspecified atom stereocenters. The molecule has 3 rings (SSSR count). The van der Waals surface area contributed by atoms with Crippen molar-refractivity contribution < 1.29 is 4.79 Å². The summed E-state index contributed by atoms with van der Waals surface area (Å²) in [6.07, 6.45) is 3.83. The van der Waals surface area contributed by atoms with Gasteiger partial charge in [-0.3, -0.25) is 4.79 Å². The molecule has 0 aliphatic carbocycles. The van der Waals surface area contributed by atoms with E-state index in [1.54, 1.807) is 0 Å². The summed E-state index contributed by atoms with van der Waals surface area (Å²) < 4.78 is 0. The molecule has 0 aromatic heterocycles. The molecule has 3 aromatic carbocycles. The van der Waals surface area contributed by atoms with E-state index in [2.05, 4.69) is 15.6 Å². The lowest BCUT2D eigenvalue weighted by atomic mass is 10.1. The van der Waals surface area contributed by atoms with E-state index in [4.69, 9.17) is 5.41 Å². The Hall–Kier alpha value is -3.99. The number of aliphatic imine (C=N–C) groups is 1. The van der Waals surface area contributed by atoms with Crippen LogP contribution < -0.4 is 10.6 Å². The fourth-order valence-corrected chi connectivity index (χ4v) is 2.70. The average molecular weight is 382 g/mol. The molecule has 0 bridgehead atoms. The van der Waals surface area contributed by atoms with Gasteiger partial charge in [0.25, 0.3) is 0 Å². The number of carbonyl (C=O) groups excluding carboxylic acids is 1. The molecule has 0 aliphatic heterocycles. The molecule has 3 aromatic rings. The van der Waals surface area contributed by atoms with Crippen LogP contribution in [0.4, 0.5) is 11.4 Å². The van der Waals surface area contributed by atoms with Crippen molar-refractivity contribution in [3.63, 3.8) is 0 Å². The number of amidine groups is 1. The van der Waals surface area contributed by atoms with Crippen LogP contribution in [0, 0.1) is 5.41 Å². The summed E-state index contributed by atoms with van der Waals surface area (Å²) in [7, 11) is 0. The highest BCUT2D eigenvalue weighted by atomic mass is 16.1. The van der Waals surface area contributed by atoms with Gasteiger partial charge in [-0.15, -0.1) is 0 Å². The first kappa shape index (κ1) is 19.8. The molecule has 0 atom stereocenters. The molecule has 29 heavy (non-hydrogen) atoms. The Kier molecular flexibility index (Phi) is 7.07. The summed E-state index contributed by atoms with van der Waals surface area (Å²) in [5.74, 6) is 0.233. The molecule has 0 saturated heterocycles. The molecule has 5 nitrogen and oxygen atoms in total. The number of allylic oxidation sites excluding steroid dienone is 1. The minimum absolute atomic E-state index is 0.233. The van der Waals surface area contributed by atoms with Crippen molar-refractivity contribution in [2.75, 3.05) is 5.32 Å². The van der Waals surface area contributed by atoms with Crippen LogP contribution >= 0.6 is 0 Å². The maximum Gasteiger partial charge on any atom is 0.185 e. The van der Waals surface area contributed by atoms with Crippen LogP contribution in [0.5, 0.6) is 0 Å². The highest BCUT2D eigenvalue weighted by molar-refractivity contribution is 6.33. The van der Waals surface area contributed by atoms with Crippen LogP contribution in [0.1, 0.15) is 11.1 Å². The minimum atomic E-state index is 0.233. The van der Waals surface area contributed by atoms with Crippen molar-refractivity contribution in [1.82, 2.24) is 5.32 Å². The zero-order valence-corrected chi connectivity index (χ0v) is 15.9. The highest BCUT2D eigenvalue weighted by Gasteiger charge is 2.02. The Morgan fingerprint density at radius 1 is 0.897 bits per heavy atom. The van der Waals surface area contributed by atoms with Gasteiger partial charge in [-0.25, -0.2) is 4.99 Å². The first-order valence-corrected chi connectivity index (χ1v) is 9.23. The first-order chi connectivity index (χ1) is 14.3. The normalized spacial score (nSPS) is 11.6. The number of anilines is 1. The largest absolute Gasteiger partial charge is 0.386 e. The van der Waals surface area contributed by atoms with Gasteiger partial charge in [-0.05, 0) is 35.4 Å². The number of hydrogen-bond donors (Lipinski definition) is 3. The van der Waals surface area contributed by atoms with Gasteiger partial charge < -0.3 is 16.0 Å². The third-order valence-electron chi connectivity index (χ3n) is 4.17. The van der Waals surface area contributed by atoms with E-state index in [0.717, 1.165) is 16.8 Å². The number of para-hydroxylation sites is 1. The maximum atomic E-state index is 11.3. The summed E-state index contributed by atoms with van der Waals surface area (Å²) in [6.45, 7) is 0.689. The molecule has 0 amide bonds. The maximum absolute atomic E-state index is 11.3. The van der Waals surface area contributed by atoms with Gasteiger partial charge in [-0.1, -0.05) is 60.7 Å². The van der Waals surface area contributed by atoms with E-state index in [1.807, 2.05) is 91.1 Å². The van der Waals surface area contributed by atoms with Crippen LogP contribution in [0.3, 0.4) is 0 Å². The summed E-state index contributed by atoms with van der Waals surface area (Å²) in [4.78, 5) is 15.7. The fourth-order valence-electron chi connectivity index (χ4n) is 2.70. The minimum Gasteiger partial charge on any atom is -0.386 e. The summed E-state index contributed by atoms with van der Waals surface area (Å²) in [5.41, 5.74) is 4.28. The molecular weight excluding hydrogens is 360 g/mol. The van der Waals surface area contributed by atoms with Gasteiger partial charge >= 0.3 is 0 Å². The number of benzene rings is 3. The molecule has 144 valence electrons. The summed E-state index contributed by atoms with van der Waals surface area (Å²) >= 11 is 0.